The topological polar surface area (TPSA) is 56.8 Å². The van der Waals surface area contributed by atoms with Crippen molar-refractivity contribution in [3.05, 3.63) is 29.8 Å². The predicted molar refractivity (Wildman–Crippen MR) is 77.2 cm³/mol. The van der Waals surface area contributed by atoms with Crippen LogP contribution in [-0.2, 0) is 14.3 Å². The molecule has 2 atom stereocenters. The first kappa shape index (κ1) is 14.4. The van der Waals surface area contributed by atoms with E-state index in [-0.39, 0.29) is 11.9 Å². The Morgan fingerprint density at radius 1 is 1.29 bits per heavy atom. The summed E-state index contributed by atoms with van der Waals surface area (Å²) in [6.07, 6.45) is 1.82. The fourth-order valence-corrected chi connectivity index (χ4v) is 2.60. The summed E-state index contributed by atoms with van der Waals surface area (Å²) in [5.74, 6) is 1.26. The van der Waals surface area contributed by atoms with Gasteiger partial charge in [-0.1, -0.05) is 12.1 Å². The highest BCUT2D eigenvalue weighted by atomic mass is 16.6. The molecule has 1 aromatic rings. The Kier molecular flexibility index (Phi) is 4.41. The molecule has 1 amide bonds. The van der Waals surface area contributed by atoms with E-state index in [1.54, 1.807) is 7.11 Å². The number of carbonyl (C=O) groups is 1. The van der Waals surface area contributed by atoms with Gasteiger partial charge in [-0.05, 0) is 36.5 Å². The smallest absolute Gasteiger partial charge is 0.252 e. The average molecular weight is 291 g/mol. The Hall–Kier alpha value is -1.59. The van der Waals surface area contributed by atoms with Crippen LogP contribution >= 0.6 is 0 Å². The molecule has 1 N–H and O–H groups in total. The fraction of sp³-hybridized carbons (Fsp3) is 0.562. The molecule has 1 heterocycles. The van der Waals surface area contributed by atoms with Crippen molar-refractivity contribution in [2.24, 2.45) is 5.92 Å². The van der Waals surface area contributed by atoms with Crippen molar-refractivity contribution in [2.75, 3.05) is 26.9 Å². The second-order valence-corrected chi connectivity index (χ2v) is 5.53. The second-order valence-electron chi connectivity index (χ2n) is 5.53. The van der Waals surface area contributed by atoms with Gasteiger partial charge >= 0.3 is 0 Å². The summed E-state index contributed by atoms with van der Waals surface area (Å²) in [6.45, 7) is 1.38. The van der Waals surface area contributed by atoms with Gasteiger partial charge in [0.15, 0.2) is 6.10 Å². The molecule has 1 aliphatic heterocycles. The number of amides is 1. The van der Waals surface area contributed by atoms with Crippen molar-refractivity contribution in [1.82, 2.24) is 5.32 Å². The van der Waals surface area contributed by atoms with Gasteiger partial charge in [0.2, 0.25) is 0 Å². The summed E-state index contributed by atoms with van der Waals surface area (Å²) >= 11 is 0. The van der Waals surface area contributed by atoms with Crippen LogP contribution in [0.2, 0.25) is 0 Å². The Morgan fingerprint density at radius 2 is 2.05 bits per heavy atom. The second kappa shape index (κ2) is 6.45. The molecule has 1 aliphatic carbocycles. The molecule has 3 rings (SSSR count). The van der Waals surface area contributed by atoms with E-state index in [1.165, 1.54) is 0 Å². The molecular weight excluding hydrogens is 270 g/mol. The largest absolute Gasteiger partial charge is 0.497 e. The lowest BCUT2D eigenvalue weighted by Gasteiger charge is -2.25. The average Bonchev–Trinajstić information content (AvgIpc) is 3.38. The number of rotatable bonds is 5. The van der Waals surface area contributed by atoms with Crippen molar-refractivity contribution in [3.8, 4) is 5.75 Å². The lowest BCUT2D eigenvalue weighted by Crippen LogP contribution is -2.44. The minimum Gasteiger partial charge on any atom is -0.497 e. The third-order valence-electron chi connectivity index (χ3n) is 3.97. The Bertz CT molecular complexity index is 478. The first-order valence-electron chi connectivity index (χ1n) is 7.41. The van der Waals surface area contributed by atoms with Crippen LogP contribution in [0.25, 0.3) is 0 Å². The van der Waals surface area contributed by atoms with Crippen LogP contribution in [0.15, 0.2) is 24.3 Å². The lowest BCUT2D eigenvalue weighted by molar-refractivity contribution is -0.148. The van der Waals surface area contributed by atoms with Crippen LogP contribution in [-0.4, -0.2) is 38.9 Å². The number of hydrogen-bond donors (Lipinski definition) is 1. The first-order chi connectivity index (χ1) is 10.3. The van der Waals surface area contributed by atoms with Gasteiger partial charge in [0.1, 0.15) is 5.75 Å². The number of ether oxygens (including phenoxy) is 3. The summed E-state index contributed by atoms with van der Waals surface area (Å²) in [7, 11) is 1.65. The van der Waals surface area contributed by atoms with E-state index in [1.807, 2.05) is 24.3 Å². The van der Waals surface area contributed by atoms with Gasteiger partial charge in [0.25, 0.3) is 5.91 Å². The Balaban J connectivity index is 1.67. The summed E-state index contributed by atoms with van der Waals surface area (Å²) < 4.78 is 15.9. The molecule has 2 aliphatic rings. The third-order valence-corrected chi connectivity index (χ3v) is 3.97. The summed E-state index contributed by atoms with van der Waals surface area (Å²) in [5, 5.41) is 3.12. The number of nitrogens with one attached hydrogen (secondary N) is 1. The van der Waals surface area contributed by atoms with E-state index in [0.29, 0.717) is 25.7 Å². The molecule has 0 radical (unpaired) electrons. The monoisotopic (exact) mass is 291 g/mol. The van der Waals surface area contributed by atoms with Crippen molar-refractivity contribution < 1.29 is 19.0 Å². The Morgan fingerprint density at radius 3 is 2.62 bits per heavy atom. The zero-order chi connectivity index (χ0) is 14.7. The van der Waals surface area contributed by atoms with Gasteiger partial charge in [0.05, 0.1) is 33.0 Å². The highest BCUT2D eigenvalue weighted by molar-refractivity contribution is 5.81. The summed E-state index contributed by atoms with van der Waals surface area (Å²) in [5.41, 5.74) is 1.11. The van der Waals surface area contributed by atoms with Gasteiger partial charge in [-0.15, -0.1) is 0 Å². The van der Waals surface area contributed by atoms with E-state index in [9.17, 15) is 4.79 Å². The third kappa shape index (κ3) is 3.54. The van der Waals surface area contributed by atoms with Crippen LogP contribution in [0, 0.1) is 5.92 Å². The molecule has 1 saturated heterocycles. The zero-order valence-corrected chi connectivity index (χ0v) is 12.2. The maximum absolute atomic E-state index is 12.3. The quantitative estimate of drug-likeness (QED) is 0.896. The molecule has 5 nitrogen and oxygen atoms in total. The van der Waals surface area contributed by atoms with E-state index < -0.39 is 6.10 Å². The van der Waals surface area contributed by atoms with Gasteiger partial charge in [-0.25, -0.2) is 0 Å². The maximum atomic E-state index is 12.3. The lowest BCUT2D eigenvalue weighted by atomic mass is 10.0. The van der Waals surface area contributed by atoms with Gasteiger partial charge in [0, 0.05) is 0 Å². The molecule has 0 unspecified atom stereocenters. The molecule has 1 aromatic carbocycles. The maximum Gasteiger partial charge on any atom is 0.252 e. The fourth-order valence-electron chi connectivity index (χ4n) is 2.60. The Labute approximate surface area is 124 Å². The van der Waals surface area contributed by atoms with Crippen LogP contribution in [0.1, 0.15) is 24.4 Å². The predicted octanol–water partition coefficient (Wildman–Crippen LogP) is 1.68. The van der Waals surface area contributed by atoms with Crippen LogP contribution < -0.4 is 10.1 Å². The van der Waals surface area contributed by atoms with Crippen LogP contribution in [0.5, 0.6) is 5.75 Å². The van der Waals surface area contributed by atoms with E-state index in [4.69, 9.17) is 14.2 Å². The minimum atomic E-state index is -0.488. The molecule has 114 valence electrons. The molecular formula is C16H21NO4. The first-order valence-corrected chi connectivity index (χ1v) is 7.41. The van der Waals surface area contributed by atoms with Gasteiger partial charge < -0.3 is 19.5 Å². The van der Waals surface area contributed by atoms with E-state index in [2.05, 4.69) is 5.32 Å². The highest BCUT2D eigenvalue weighted by Gasteiger charge is 2.35. The molecule has 0 bridgehead atoms. The van der Waals surface area contributed by atoms with Crippen LogP contribution in [0.3, 0.4) is 0 Å². The normalized spacial score (nSPS) is 23.4. The number of methoxy groups -OCH3 is 1. The van der Waals surface area contributed by atoms with Crippen molar-refractivity contribution in [2.45, 2.75) is 25.0 Å². The number of carbonyl (C=O) groups excluding carboxylic acids is 1. The summed E-state index contributed by atoms with van der Waals surface area (Å²) in [6, 6.07) is 7.93. The molecule has 2 fully saturated rings. The molecule has 0 aromatic heterocycles. The number of benzene rings is 1. The summed E-state index contributed by atoms with van der Waals surface area (Å²) in [4.78, 5) is 12.3. The molecule has 1 saturated carbocycles. The van der Waals surface area contributed by atoms with Crippen molar-refractivity contribution in [3.63, 3.8) is 0 Å². The molecule has 0 spiro atoms. The molecule has 5 heteroatoms. The van der Waals surface area contributed by atoms with E-state index >= 15 is 0 Å². The SMILES string of the molecule is COc1ccc([C@H](NC(=O)[C@@H]2COCCO2)C2CC2)cc1. The minimum absolute atomic E-state index is 0.0499. The zero-order valence-electron chi connectivity index (χ0n) is 12.2. The van der Waals surface area contributed by atoms with Gasteiger partial charge in [-0.2, -0.15) is 0 Å². The highest BCUT2D eigenvalue weighted by Crippen LogP contribution is 2.41. The number of hydrogen-bond acceptors (Lipinski definition) is 4. The van der Waals surface area contributed by atoms with Crippen LogP contribution in [0.4, 0.5) is 0 Å². The van der Waals surface area contributed by atoms with E-state index in [0.717, 1.165) is 24.2 Å². The standard InChI is InChI=1S/C16H21NO4/c1-19-13-6-4-12(5-7-13)15(11-2-3-11)17-16(18)14-10-20-8-9-21-14/h4-7,11,14-15H,2-3,8-10H2,1H3,(H,17,18)/t14-,15+/m0/s1. The van der Waals surface area contributed by atoms with Gasteiger partial charge in [-0.3, -0.25) is 4.79 Å². The molecule has 21 heavy (non-hydrogen) atoms. The van der Waals surface area contributed by atoms with Crippen molar-refractivity contribution in [1.29, 1.82) is 0 Å². The van der Waals surface area contributed by atoms with Crippen molar-refractivity contribution >= 4 is 5.91 Å².